The minimum Gasteiger partial charge on any atom is -0.448 e. The monoisotopic (exact) mass is 276 g/mol. The first kappa shape index (κ1) is 10.6. The van der Waals surface area contributed by atoms with E-state index >= 15 is 0 Å². The van der Waals surface area contributed by atoms with Crippen LogP contribution in [0.5, 0.6) is 0 Å². The van der Waals surface area contributed by atoms with Crippen molar-refractivity contribution in [2.24, 2.45) is 0 Å². The van der Waals surface area contributed by atoms with Gasteiger partial charge in [-0.2, -0.15) is 0 Å². The number of nitrogens with zero attached hydrogens (tertiary/aromatic N) is 1. The van der Waals surface area contributed by atoms with Crippen molar-refractivity contribution >= 4 is 33.8 Å². The number of benzene rings is 1. The summed E-state index contributed by atoms with van der Waals surface area (Å²) in [5, 5.41) is 0.818. The van der Waals surface area contributed by atoms with Crippen LogP contribution in [0, 0.1) is 0 Å². The highest BCUT2D eigenvalue weighted by molar-refractivity contribution is 9.10. The van der Waals surface area contributed by atoms with E-state index in [-0.39, 0.29) is 0 Å². The Morgan fingerprint density at radius 1 is 1.20 bits per heavy atom. The van der Waals surface area contributed by atoms with E-state index in [2.05, 4.69) is 15.9 Å². The number of aromatic nitrogens is 1. The van der Waals surface area contributed by atoms with Crippen molar-refractivity contribution < 1.29 is 12.9 Å². The maximum Gasteiger partial charge on any atom is 0.497 e. The highest BCUT2D eigenvalue weighted by atomic mass is 79.9. The molecule has 0 aliphatic heterocycles. The summed E-state index contributed by atoms with van der Waals surface area (Å²) in [5.41, 5.74) is 0.601. The van der Waals surface area contributed by atoms with Gasteiger partial charge in [-0.15, -0.1) is 0 Å². The molecule has 0 aliphatic carbocycles. The van der Waals surface area contributed by atoms with E-state index < -0.39 is 13.4 Å². The average Bonchev–Trinajstić information content (AvgIpc) is 2.46. The molecule has 1 nitrogen and oxygen atoms in total. The van der Waals surface area contributed by atoms with Gasteiger partial charge in [0.05, 0.1) is 0 Å². The van der Waals surface area contributed by atoms with Gasteiger partial charge in [-0.1, -0.05) is 22.0 Å². The van der Waals surface area contributed by atoms with Gasteiger partial charge in [0.2, 0.25) is 0 Å². The zero-order valence-electron chi connectivity index (χ0n) is 7.63. The molecule has 0 aliphatic rings. The van der Waals surface area contributed by atoms with Crippen molar-refractivity contribution in [1.29, 1.82) is 0 Å². The lowest BCUT2D eigenvalue weighted by Gasteiger charge is -2.15. The Morgan fingerprint density at radius 2 is 1.93 bits per heavy atom. The third kappa shape index (κ3) is 2.37. The summed E-state index contributed by atoms with van der Waals surface area (Å²) in [5.74, 6) is 0. The highest BCUT2D eigenvalue weighted by Gasteiger charge is 2.23. The van der Waals surface area contributed by atoms with Crippen LogP contribution in [0.15, 0.2) is 34.9 Å². The third-order valence-electron chi connectivity index (χ3n) is 2.14. The molecular formula is C9H7BBrF3N-. The summed E-state index contributed by atoms with van der Waals surface area (Å²) in [6, 6.07) is 6.98. The molecule has 0 fully saturated rings. The van der Waals surface area contributed by atoms with Crippen molar-refractivity contribution in [2.75, 3.05) is 0 Å². The fourth-order valence-electron chi connectivity index (χ4n) is 1.54. The van der Waals surface area contributed by atoms with Crippen LogP contribution in [0.25, 0.3) is 10.9 Å². The number of halogens is 4. The van der Waals surface area contributed by atoms with Crippen LogP contribution in [-0.4, -0.2) is 11.5 Å². The standard InChI is InChI=1S/C9H7BBrF3N/c11-8-2-1-7-3-4-15(9(7)5-8)6-10(12,13)14/h1-5H,6H2/q-1. The summed E-state index contributed by atoms with van der Waals surface area (Å²) in [6.45, 7) is -4.80. The largest absolute Gasteiger partial charge is 0.497 e. The van der Waals surface area contributed by atoms with Gasteiger partial charge in [0.25, 0.3) is 0 Å². The second-order valence-electron chi connectivity index (χ2n) is 3.38. The molecule has 0 atom stereocenters. The maximum absolute atomic E-state index is 12.3. The first-order valence-electron chi connectivity index (χ1n) is 4.41. The zero-order valence-corrected chi connectivity index (χ0v) is 9.22. The van der Waals surface area contributed by atoms with Crippen LogP contribution in [0.1, 0.15) is 0 Å². The topological polar surface area (TPSA) is 4.93 Å². The van der Waals surface area contributed by atoms with E-state index in [1.165, 1.54) is 10.8 Å². The SMILES string of the molecule is F[B-](F)(F)Cn1ccc2ccc(Br)cc21. The van der Waals surface area contributed by atoms with Crippen molar-refractivity contribution in [2.45, 2.75) is 6.44 Å². The van der Waals surface area contributed by atoms with Gasteiger partial charge in [-0.3, -0.25) is 0 Å². The second-order valence-corrected chi connectivity index (χ2v) is 4.30. The van der Waals surface area contributed by atoms with Gasteiger partial charge >= 0.3 is 6.98 Å². The molecule has 0 amide bonds. The van der Waals surface area contributed by atoms with Gasteiger partial charge in [-0.05, 0) is 30.0 Å². The molecule has 2 rings (SSSR count). The fraction of sp³-hybridized carbons (Fsp3) is 0.111. The Labute approximate surface area is 93.1 Å². The van der Waals surface area contributed by atoms with E-state index in [1.807, 2.05) is 6.07 Å². The number of hydrogen-bond donors (Lipinski definition) is 0. The lowest BCUT2D eigenvalue weighted by Crippen LogP contribution is -2.23. The van der Waals surface area contributed by atoms with E-state index in [0.717, 1.165) is 9.86 Å². The summed E-state index contributed by atoms with van der Waals surface area (Å²) < 4.78 is 38.8. The lowest BCUT2D eigenvalue weighted by atomic mass is 9.92. The molecule has 0 spiro atoms. The summed E-state index contributed by atoms with van der Waals surface area (Å²) in [6.07, 6.45) is 0.576. The quantitative estimate of drug-likeness (QED) is 0.736. The van der Waals surface area contributed by atoms with Crippen molar-refractivity contribution in [3.63, 3.8) is 0 Å². The molecule has 1 aromatic heterocycles. The molecule has 0 unspecified atom stereocenters. The molecule has 6 heteroatoms. The number of fused-ring (bicyclic) bond motifs is 1. The first-order valence-corrected chi connectivity index (χ1v) is 5.20. The van der Waals surface area contributed by atoms with E-state index in [9.17, 15) is 12.9 Å². The third-order valence-corrected chi connectivity index (χ3v) is 2.63. The Kier molecular flexibility index (Phi) is 2.54. The molecule has 15 heavy (non-hydrogen) atoms. The predicted octanol–water partition coefficient (Wildman–Crippen LogP) is 3.79. The predicted molar refractivity (Wildman–Crippen MR) is 58.7 cm³/mol. The normalized spacial score (nSPS) is 12.3. The lowest BCUT2D eigenvalue weighted by molar-refractivity contribution is 0.448. The van der Waals surface area contributed by atoms with Crippen molar-refractivity contribution in [3.05, 3.63) is 34.9 Å². The van der Waals surface area contributed by atoms with Crippen LogP contribution < -0.4 is 0 Å². The molecule has 0 radical (unpaired) electrons. The van der Waals surface area contributed by atoms with E-state index in [4.69, 9.17) is 0 Å². The van der Waals surface area contributed by atoms with Gasteiger partial charge in [-0.25, -0.2) is 0 Å². The molecule has 1 heterocycles. The molecule has 0 N–H and O–H groups in total. The van der Waals surface area contributed by atoms with Gasteiger partial charge < -0.3 is 17.5 Å². The minimum atomic E-state index is -4.80. The van der Waals surface area contributed by atoms with Gasteiger partial charge in [0.15, 0.2) is 0 Å². The molecule has 0 saturated carbocycles. The van der Waals surface area contributed by atoms with Crippen LogP contribution in [0.2, 0.25) is 0 Å². The molecule has 2 aromatic rings. The minimum absolute atomic E-state index is 0.601. The maximum atomic E-state index is 12.3. The van der Waals surface area contributed by atoms with Crippen LogP contribution in [0.4, 0.5) is 12.9 Å². The van der Waals surface area contributed by atoms with Crippen LogP contribution >= 0.6 is 15.9 Å². The second kappa shape index (κ2) is 3.59. The Hall–Kier alpha value is -0.905. The molecule has 1 aromatic carbocycles. The van der Waals surface area contributed by atoms with Gasteiger partial charge in [0.1, 0.15) is 0 Å². The number of rotatable bonds is 2. The zero-order chi connectivity index (χ0) is 11.1. The van der Waals surface area contributed by atoms with Crippen molar-refractivity contribution in [3.8, 4) is 0 Å². The first-order chi connectivity index (χ1) is 6.96. The van der Waals surface area contributed by atoms with Crippen LogP contribution in [-0.2, 0) is 6.44 Å². The molecule has 80 valence electrons. The van der Waals surface area contributed by atoms with E-state index in [1.54, 1.807) is 18.2 Å². The number of hydrogen-bond acceptors (Lipinski definition) is 0. The van der Waals surface area contributed by atoms with Crippen molar-refractivity contribution in [1.82, 2.24) is 4.57 Å². The van der Waals surface area contributed by atoms with Gasteiger partial charge in [0, 0.05) is 16.2 Å². The Bertz CT molecular complexity index is 492. The van der Waals surface area contributed by atoms with E-state index in [0.29, 0.717) is 5.52 Å². The molecule has 0 saturated heterocycles. The molecule has 0 bridgehead atoms. The molecular weight excluding hydrogens is 270 g/mol. The average molecular weight is 277 g/mol. The fourth-order valence-corrected chi connectivity index (χ4v) is 1.89. The summed E-state index contributed by atoms with van der Waals surface area (Å²) >= 11 is 3.24. The summed E-state index contributed by atoms with van der Waals surface area (Å²) in [7, 11) is 0. The highest BCUT2D eigenvalue weighted by Crippen LogP contribution is 2.23. The Balaban J connectivity index is 2.48. The Morgan fingerprint density at radius 3 is 2.60 bits per heavy atom. The summed E-state index contributed by atoms with van der Waals surface area (Å²) in [4.78, 5) is 0. The smallest absolute Gasteiger partial charge is 0.448 e. The van der Waals surface area contributed by atoms with Crippen LogP contribution in [0.3, 0.4) is 0 Å².